The van der Waals surface area contributed by atoms with Crippen LogP contribution in [0.25, 0.3) is 0 Å². The minimum Gasteiger partial charge on any atom is -0.494 e. The molecule has 2 N–H and O–H groups in total. The van der Waals surface area contributed by atoms with E-state index in [9.17, 15) is 4.79 Å². The molecule has 0 radical (unpaired) electrons. The van der Waals surface area contributed by atoms with E-state index in [0.717, 1.165) is 74.0 Å². The van der Waals surface area contributed by atoms with Gasteiger partial charge in [0.25, 0.3) is 5.91 Å². The van der Waals surface area contributed by atoms with Gasteiger partial charge in [0.1, 0.15) is 18.1 Å². The number of ether oxygens (including phenoxy) is 2. The number of unbranched alkanes of at least 4 members (excludes halogenated alkanes) is 3. The first kappa shape index (κ1) is 31.2. The molecule has 0 spiro atoms. The first-order chi connectivity index (χ1) is 19.5. The Hall–Kier alpha value is -3.31. The summed E-state index contributed by atoms with van der Waals surface area (Å²) in [6.07, 6.45) is 8.19. The zero-order valence-electron chi connectivity index (χ0n) is 24.7. The molecular weight excluding hydrogens is 496 g/mol. The van der Waals surface area contributed by atoms with Crippen LogP contribution in [0.3, 0.4) is 0 Å². The van der Waals surface area contributed by atoms with Crippen LogP contribution in [0.2, 0.25) is 0 Å². The second-order valence-electron chi connectivity index (χ2n) is 10.9. The molecule has 0 fully saturated rings. The van der Waals surface area contributed by atoms with E-state index in [-0.39, 0.29) is 5.91 Å². The highest BCUT2D eigenvalue weighted by atomic mass is 16.5. The van der Waals surface area contributed by atoms with Crippen LogP contribution >= 0.6 is 0 Å². The first-order valence-corrected chi connectivity index (χ1v) is 15.0. The van der Waals surface area contributed by atoms with Gasteiger partial charge >= 0.3 is 0 Å². The number of hydrogen-bond acceptors (Lipinski definition) is 4. The fourth-order valence-electron chi connectivity index (χ4n) is 4.78. The molecule has 0 heterocycles. The summed E-state index contributed by atoms with van der Waals surface area (Å²) in [5.41, 5.74) is 9.43. The van der Waals surface area contributed by atoms with Gasteiger partial charge in [-0.1, -0.05) is 95.3 Å². The Labute approximate surface area is 241 Å². The van der Waals surface area contributed by atoms with Crippen molar-refractivity contribution in [2.24, 2.45) is 5.73 Å². The predicted octanol–water partition coefficient (Wildman–Crippen LogP) is 8.16. The first-order valence-electron chi connectivity index (χ1n) is 15.0. The lowest BCUT2D eigenvalue weighted by atomic mass is 9.87. The number of amides is 1. The van der Waals surface area contributed by atoms with Crippen molar-refractivity contribution in [1.82, 2.24) is 4.90 Å². The molecule has 216 valence electrons. The highest BCUT2D eigenvalue weighted by molar-refractivity contribution is 5.94. The van der Waals surface area contributed by atoms with Crippen molar-refractivity contribution in [3.05, 3.63) is 95.6 Å². The molecule has 0 aliphatic rings. The Bertz CT molecular complexity index is 1110. The number of hydrogen-bond donors (Lipinski definition) is 1. The quantitative estimate of drug-likeness (QED) is 0.164. The van der Waals surface area contributed by atoms with E-state index in [1.54, 1.807) is 0 Å². The summed E-state index contributed by atoms with van der Waals surface area (Å²) >= 11 is 0. The fourth-order valence-corrected chi connectivity index (χ4v) is 4.78. The van der Waals surface area contributed by atoms with Crippen molar-refractivity contribution in [2.75, 3.05) is 13.2 Å². The molecule has 3 rings (SSSR count). The van der Waals surface area contributed by atoms with E-state index in [4.69, 9.17) is 15.2 Å². The molecule has 1 amide bonds. The van der Waals surface area contributed by atoms with Crippen LogP contribution < -0.4 is 15.2 Å². The maximum atomic E-state index is 13.9. The van der Waals surface area contributed by atoms with E-state index in [0.29, 0.717) is 31.9 Å². The fraction of sp³-hybridized carbons (Fsp3) is 0.457. The normalized spacial score (nSPS) is 11.3. The smallest absolute Gasteiger partial charge is 0.254 e. The van der Waals surface area contributed by atoms with Gasteiger partial charge in [-0.15, -0.1) is 0 Å². The van der Waals surface area contributed by atoms with Gasteiger partial charge in [0.15, 0.2) is 0 Å². The summed E-state index contributed by atoms with van der Waals surface area (Å²) in [6.45, 7) is 8.74. The highest BCUT2D eigenvalue weighted by Gasteiger charge is 2.30. The zero-order valence-corrected chi connectivity index (χ0v) is 24.7. The largest absolute Gasteiger partial charge is 0.494 e. The van der Waals surface area contributed by atoms with E-state index >= 15 is 0 Å². The number of carbonyl (C=O) groups excluding carboxylic acids is 1. The topological polar surface area (TPSA) is 64.8 Å². The number of nitrogens with zero attached hydrogens (tertiary/aromatic N) is 1. The van der Waals surface area contributed by atoms with Crippen molar-refractivity contribution in [2.45, 2.75) is 90.8 Å². The number of benzene rings is 3. The maximum absolute atomic E-state index is 13.9. The van der Waals surface area contributed by atoms with Crippen LogP contribution in [0.15, 0.2) is 78.9 Å². The van der Waals surface area contributed by atoms with Gasteiger partial charge < -0.3 is 20.1 Å². The molecular formula is C35H48N2O3. The standard InChI is InChI=1S/C35H48N2O3/c1-4-7-23-35(36,24-8-5-2)28-37(34(38)31-17-21-32(22-18-31)39-25-9-6-3)26-29-15-19-33(20-16-29)40-27-30-13-11-10-12-14-30/h10-22H,4-9,23-28,36H2,1-3H3. The van der Waals surface area contributed by atoms with Crippen LogP contribution in [0.5, 0.6) is 11.5 Å². The molecule has 5 heteroatoms. The minimum absolute atomic E-state index is 0.00710. The minimum atomic E-state index is -0.413. The van der Waals surface area contributed by atoms with Gasteiger partial charge in [-0.3, -0.25) is 4.79 Å². The third kappa shape index (κ3) is 10.3. The molecule has 0 aliphatic carbocycles. The third-order valence-electron chi connectivity index (χ3n) is 7.26. The molecule has 0 aliphatic heterocycles. The predicted molar refractivity (Wildman–Crippen MR) is 165 cm³/mol. The van der Waals surface area contributed by atoms with Crippen LogP contribution in [-0.2, 0) is 13.2 Å². The Morgan fingerprint density at radius 1 is 0.725 bits per heavy atom. The van der Waals surface area contributed by atoms with Gasteiger partial charge in [-0.2, -0.15) is 0 Å². The summed E-state index contributed by atoms with van der Waals surface area (Å²) < 4.78 is 11.8. The van der Waals surface area contributed by atoms with Crippen molar-refractivity contribution in [1.29, 1.82) is 0 Å². The molecule has 0 atom stereocenters. The van der Waals surface area contributed by atoms with Crippen molar-refractivity contribution in [3.63, 3.8) is 0 Å². The lowest BCUT2D eigenvalue weighted by Crippen LogP contribution is -2.51. The van der Waals surface area contributed by atoms with Crippen LogP contribution in [0.1, 0.15) is 93.6 Å². The lowest BCUT2D eigenvalue weighted by molar-refractivity contribution is 0.0685. The molecule has 0 bridgehead atoms. The van der Waals surface area contributed by atoms with Crippen molar-refractivity contribution >= 4 is 5.91 Å². The zero-order chi connectivity index (χ0) is 28.6. The number of rotatable bonds is 18. The third-order valence-corrected chi connectivity index (χ3v) is 7.26. The molecule has 0 saturated carbocycles. The average Bonchev–Trinajstić information content (AvgIpc) is 2.99. The summed E-state index contributed by atoms with van der Waals surface area (Å²) in [6, 6.07) is 25.7. The average molecular weight is 545 g/mol. The monoisotopic (exact) mass is 544 g/mol. The Balaban J connectivity index is 1.76. The Morgan fingerprint density at radius 3 is 1.90 bits per heavy atom. The molecule has 0 saturated heterocycles. The van der Waals surface area contributed by atoms with Gasteiger partial charge in [-0.05, 0) is 66.8 Å². The van der Waals surface area contributed by atoms with Gasteiger partial charge in [-0.25, -0.2) is 0 Å². The molecule has 0 aromatic heterocycles. The van der Waals surface area contributed by atoms with E-state index in [1.165, 1.54) is 0 Å². The summed E-state index contributed by atoms with van der Waals surface area (Å²) in [7, 11) is 0. The second-order valence-corrected chi connectivity index (χ2v) is 10.9. The SMILES string of the molecule is CCCCOc1ccc(C(=O)N(Cc2ccc(OCc3ccccc3)cc2)CC(N)(CCCC)CCCC)cc1. The van der Waals surface area contributed by atoms with E-state index in [2.05, 4.69) is 32.9 Å². The van der Waals surface area contributed by atoms with E-state index in [1.807, 2.05) is 71.6 Å². The van der Waals surface area contributed by atoms with Gasteiger partial charge in [0.05, 0.1) is 6.61 Å². The number of carbonyl (C=O) groups is 1. The molecule has 3 aromatic rings. The van der Waals surface area contributed by atoms with E-state index < -0.39 is 5.54 Å². The molecule has 40 heavy (non-hydrogen) atoms. The van der Waals surface area contributed by atoms with Crippen molar-refractivity contribution < 1.29 is 14.3 Å². The van der Waals surface area contributed by atoms with Gasteiger partial charge in [0.2, 0.25) is 0 Å². The molecule has 3 aromatic carbocycles. The van der Waals surface area contributed by atoms with Crippen LogP contribution in [0, 0.1) is 0 Å². The maximum Gasteiger partial charge on any atom is 0.254 e. The summed E-state index contributed by atoms with van der Waals surface area (Å²) in [5.74, 6) is 1.59. The Morgan fingerprint density at radius 2 is 1.30 bits per heavy atom. The summed E-state index contributed by atoms with van der Waals surface area (Å²) in [4.78, 5) is 15.8. The molecule has 5 nitrogen and oxygen atoms in total. The summed E-state index contributed by atoms with van der Waals surface area (Å²) in [5, 5.41) is 0. The molecule has 0 unspecified atom stereocenters. The Kier molecular flexibility index (Phi) is 13.0. The van der Waals surface area contributed by atoms with Crippen LogP contribution in [-0.4, -0.2) is 29.5 Å². The van der Waals surface area contributed by atoms with Crippen LogP contribution in [0.4, 0.5) is 0 Å². The highest BCUT2D eigenvalue weighted by Crippen LogP contribution is 2.24. The van der Waals surface area contributed by atoms with Gasteiger partial charge in [0, 0.05) is 24.2 Å². The van der Waals surface area contributed by atoms with Crippen molar-refractivity contribution in [3.8, 4) is 11.5 Å². The number of nitrogens with two attached hydrogens (primary N) is 1. The second kappa shape index (κ2) is 16.7. The lowest BCUT2D eigenvalue weighted by Gasteiger charge is -2.36.